The molecule has 0 saturated heterocycles. The zero-order chi connectivity index (χ0) is 15.1. The lowest BCUT2D eigenvalue weighted by Crippen LogP contribution is -2.03. The molecule has 0 aliphatic heterocycles. The molecule has 6 heteroatoms. The van der Waals surface area contributed by atoms with E-state index in [1.807, 2.05) is 24.3 Å². The van der Waals surface area contributed by atoms with E-state index in [1.54, 1.807) is 18.2 Å². The van der Waals surface area contributed by atoms with Gasteiger partial charge in [0, 0.05) is 29.9 Å². The Kier molecular flexibility index (Phi) is 4.72. The Morgan fingerprint density at radius 3 is 2.81 bits per heavy atom. The van der Waals surface area contributed by atoms with Crippen molar-refractivity contribution in [1.82, 2.24) is 0 Å². The van der Waals surface area contributed by atoms with Gasteiger partial charge in [-0.05, 0) is 12.1 Å². The number of hydrogen-bond acceptors (Lipinski definition) is 5. The maximum Gasteiger partial charge on any atom is 0.271 e. The molecule has 0 bridgehead atoms. The van der Waals surface area contributed by atoms with Crippen molar-refractivity contribution >= 4 is 11.4 Å². The number of ether oxygens (including phenoxy) is 1. The molecule has 0 atom stereocenters. The van der Waals surface area contributed by atoms with Crippen molar-refractivity contribution in [2.45, 2.75) is 6.54 Å². The number of rotatable bonds is 6. The molecule has 0 aliphatic rings. The maximum absolute atomic E-state index is 10.7. The third-order valence-corrected chi connectivity index (χ3v) is 2.80. The van der Waals surface area contributed by atoms with Crippen LogP contribution < -0.4 is 10.1 Å². The summed E-state index contributed by atoms with van der Waals surface area (Å²) in [5.41, 5.74) is 1.56. The van der Waals surface area contributed by atoms with Gasteiger partial charge in [0.1, 0.15) is 11.8 Å². The number of para-hydroxylation sites is 1. The zero-order valence-corrected chi connectivity index (χ0v) is 11.2. The molecule has 2 rings (SSSR count). The van der Waals surface area contributed by atoms with Crippen LogP contribution in [0.3, 0.4) is 0 Å². The quantitative estimate of drug-likeness (QED) is 0.650. The van der Waals surface area contributed by atoms with E-state index in [0.717, 1.165) is 5.56 Å². The lowest BCUT2D eigenvalue weighted by molar-refractivity contribution is -0.384. The van der Waals surface area contributed by atoms with E-state index in [9.17, 15) is 10.1 Å². The summed E-state index contributed by atoms with van der Waals surface area (Å²) in [4.78, 5) is 10.3. The van der Waals surface area contributed by atoms with Gasteiger partial charge in [0.05, 0.1) is 4.92 Å². The average Bonchev–Trinajstić information content (AvgIpc) is 2.52. The van der Waals surface area contributed by atoms with Gasteiger partial charge in [-0.25, -0.2) is 0 Å². The van der Waals surface area contributed by atoms with E-state index in [-0.39, 0.29) is 12.3 Å². The molecule has 0 radical (unpaired) electrons. The second kappa shape index (κ2) is 6.91. The smallest absolute Gasteiger partial charge is 0.271 e. The van der Waals surface area contributed by atoms with Crippen LogP contribution in [0.15, 0.2) is 48.5 Å². The highest BCUT2D eigenvalue weighted by Gasteiger charge is 2.07. The summed E-state index contributed by atoms with van der Waals surface area (Å²) in [6.07, 6.45) is 0. The van der Waals surface area contributed by atoms with Gasteiger partial charge in [0.15, 0.2) is 6.61 Å². The molecule has 6 nitrogen and oxygen atoms in total. The van der Waals surface area contributed by atoms with Crippen LogP contribution in [0.25, 0.3) is 0 Å². The number of non-ortho nitro benzene ring substituents is 1. The van der Waals surface area contributed by atoms with Gasteiger partial charge >= 0.3 is 0 Å². The molecule has 106 valence electrons. The second-order valence-corrected chi connectivity index (χ2v) is 4.22. The lowest BCUT2D eigenvalue weighted by Gasteiger charge is -2.11. The number of nitro benzene ring substituents is 1. The Morgan fingerprint density at radius 2 is 2.05 bits per heavy atom. The number of hydrogen-bond donors (Lipinski definition) is 1. The summed E-state index contributed by atoms with van der Waals surface area (Å²) >= 11 is 0. The first kappa shape index (κ1) is 14.3. The summed E-state index contributed by atoms with van der Waals surface area (Å²) < 4.78 is 5.33. The maximum atomic E-state index is 10.7. The Morgan fingerprint density at radius 1 is 1.24 bits per heavy atom. The lowest BCUT2D eigenvalue weighted by atomic mass is 10.2. The molecule has 21 heavy (non-hydrogen) atoms. The summed E-state index contributed by atoms with van der Waals surface area (Å²) in [5.74, 6) is 0.622. The minimum Gasteiger partial charge on any atom is -0.478 e. The molecule has 1 N–H and O–H groups in total. The third-order valence-electron chi connectivity index (χ3n) is 2.80. The number of nitrogens with one attached hydrogen (secondary N) is 1. The SMILES string of the molecule is N#CCOc1ccccc1CNc1cccc([N+](=O)[O-])c1. The first-order valence-electron chi connectivity index (χ1n) is 6.26. The Hall–Kier alpha value is -3.07. The van der Waals surface area contributed by atoms with Crippen LogP contribution in [0, 0.1) is 21.4 Å². The molecule has 0 aliphatic carbocycles. The average molecular weight is 283 g/mol. The van der Waals surface area contributed by atoms with E-state index < -0.39 is 4.92 Å². The van der Waals surface area contributed by atoms with Crippen LogP contribution in [-0.4, -0.2) is 11.5 Å². The minimum atomic E-state index is -0.435. The van der Waals surface area contributed by atoms with Gasteiger partial charge < -0.3 is 10.1 Å². The molecule has 0 amide bonds. The van der Waals surface area contributed by atoms with Crippen molar-refractivity contribution in [2.24, 2.45) is 0 Å². The predicted octanol–water partition coefficient (Wildman–Crippen LogP) is 3.11. The number of nitrogens with zero attached hydrogens (tertiary/aromatic N) is 2. The normalized spacial score (nSPS) is 9.67. The van der Waals surface area contributed by atoms with Gasteiger partial charge in [0.2, 0.25) is 0 Å². The van der Waals surface area contributed by atoms with Gasteiger partial charge in [-0.15, -0.1) is 0 Å². The highest BCUT2D eigenvalue weighted by molar-refractivity contribution is 5.51. The van der Waals surface area contributed by atoms with Crippen LogP contribution in [0.4, 0.5) is 11.4 Å². The molecule has 2 aromatic carbocycles. The van der Waals surface area contributed by atoms with Crippen molar-refractivity contribution in [1.29, 1.82) is 5.26 Å². The summed E-state index contributed by atoms with van der Waals surface area (Å²) in [6, 6.07) is 15.5. The van der Waals surface area contributed by atoms with Gasteiger partial charge in [-0.3, -0.25) is 10.1 Å². The van der Waals surface area contributed by atoms with Crippen molar-refractivity contribution in [3.05, 3.63) is 64.2 Å². The molecule has 2 aromatic rings. The standard InChI is InChI=1S/C15H13N3O3/c16-8-9-21-15-7-2-1-4-12(15)11-17-13-5-3-6-14(10-13)18(19)20/h1-7,10,17H,9,11H2. The van der Waals surface area contributed by atoms with Gasteiger partial charge in [-0.2, -0.15) is 5.26 Å². The second-order valence-electron chi connectivity index (χ2n) is 4.22. The first-order valence-corrected chi connectivity index (χ1v) is 6.26. The first-order chi connectivity index (χ1) is 10.2. The zero-order valence-electron chi connectivity index (χ0n) is 11.2. The highest BCUT2D eigenvalue weighted by Crippen LogP contribution is 2.21. The van der Waals surface area contributed by atoms with E-state index >= 15 is 0 Å². The van der Waals surface area contributed by atoms with Crippen molar-refractivity contribution in [3.8, 4) is 11.8 Å². The molecule has 0 aromatic heterocycles. The predicted molar refractivity (Wildman–Crippen MR) is 78.0 cm³/mol. The topological polar surface area (TPSA) is 88.2 Å². The fourth-order valence-electron chi connectivity index (χ4n) is 1.83. The van der Waals surface area contributed by atoms with Crippen LogP contribution >= 0.6 is 0 Å². The van der Waals surface area contributed by atoms with E-state index in [0.29, 0.717) is 18.0 Å². The van der Waals surface area contributed by atoms with E-state index in [4.69, 9.17) is 10.00 Å². The van der Waals surface area contributed by atoms with Gasteiger partial charge in [-0.1, -0.05) is 24.3 Å². The summed E-state index contributed by atoms with van der Waals surface area (Å²) in [6.45, 7) is 0.427. The van der Waals surface area contributed by atoms with Gasteiger partial charge in [0.25, 0.3) is 5.69 Å². The van der Waals surface area contributed by atoms with Crippen LogP contribution in [0.2, 0.25) is 0 Å². The van der Waals surface area contributed by atoms with Crippen LogP contribution in [-0.2, 0) is 6.54 Å². The van der Waals surface area contributed by atoms with Crippen LogP contribution in [0.1, 0.15) is 5.56 Å². The fraction of sp³-hybridized carbons (Fsp3) is 0.133. The molecule has 0 unspecified atom stereocenters. The molecule has 0 heterocycles. The molecule has 0 fully saturated rings. The molecule has 0 saturated carbocycles. The number of nitriles is 1. The number of benzene rings is 2. The third kappa shape index (κ3) is 3.94. The molecule has 0 spiro atoms. The fourth-order valence-corrected chi connectivity index (χ4v) is 1.83. The molecular weight excluding hydrogens is 270 g/mol. The Bertz CT molecular complexity index is 680. The Labute approximate surface area is 121 Å². The highest BCUT2D eigenvalue weighted by atomic mass is 16.6. The summed E-state index contributed by atoms with van der Waals surface area (Å²) in [7, 11) is 0. The summed E-state index contributed by atoms with van der Waals surface area (Å²) in [5, 5.41) is 22.4. The molecular formula is C15H13N3O3. The monoisotopic (exact) mass is 283 g/mol. The Balaban J connectivity index is 2.08. The van der Waals surface area contributed by atoms with Crippen molar-refractivity contribution < 1.29 is 9.66 Å². The van der Waals surface area contributed by atoms with Crippen molar-refractivity contribution in [3.63, 3.8) is 0 Å². The number of anilines is 1. The number of nitro groups is 1. The van der Waals surface area contributed by atoms with E-state index in [1.165, 1.54) is 12.1 Å². The van der Waals surface area contributed by atoms with E-state index in [2.05, 4.69) is 5.32 Å². The largest absolute Gasteiger partial charge is 0.478 e. The van der Waals surface area contributed by atoms with Crippen molar-refractivity contribution in [2.75, 3.05) is 11.9 Å². The minimum absolute atomic E-state index is 0.0200. The van der Waals surface area contributed by atoms with Crippen LogP contribution in [0.5, 0.6) is 5.75 Å².